The van der Waals surface area contributed by atoms with Gasteiger partial charge in [-0.3, -0.25) is 4.55 Å². The third-order valence-corrected chi connectivity index (χ3v) is 2.60. The summed E-state index contributed by atoms with van der Waals surface area (Å²) in [4.78, 5) is 14.6. The standard InChI is InChI=1S/C7H9N5O3S/c13-16(14,15)2-1-8-6-5-7(10-3-9-5)12-4-11-6/h3-4H,1-2H2,(H,13,14,15)(H2,8,9,10,11,12). The summed E-state index contributed by atoms with van der Waals surface area (Å²) < 4.78 is 29.5. The molecule has 0 aliphatic carbocycles. The van der Waals surface area contributed by atoms with Crippen LogP contribution >= 0.6 is 0 Å². The van der Waals surface area contributed by atoms with Crippen molar-refractivity contribution in [2.75, 3.05) is 17.6 Å². The van der Waals surface area contributed by atoms with E-state index in [1.165, 1.54) is 12.7 Å². The molecule has 0 bridgehead atoms. The van der Waals surface area contributed by atoms with Crippen LogP contribution in [0.2, 0.25) is 0 Å². The first-order chi connectivity index (χ1) is 7.56. The van der Waals surface area contributed by atoms with E-state index in [2.05, 4.69) is 25.3 Å². The van der Waals surface area contributed by atoms with Crippen LogP contribution in [-0.2, 0) is 10.1 Å². The zero-order valence-electron chi connectivity index (χ0n) is 8.08. The van der Waals surface area contributed by atoms with E-state index in [0.717, 1.165) is 0 Å². The molecule has 0 unspecified atom stereocenters. The highest BCUT2D eigenvalue weighted by molar-refractivity contribution is 7.85. The number of aromatic nitrogens is 4. The second kappa shape index (κ2) is 4.02. The number of hydrogen-bond acceptors (Lipinski definition) is 6. The highest BCUT2D eigenvalue weighted by Crippen LogP contribution is 2.13. The molecule has 3 N–H and O–H groups in total. The summed E-state index contributed by atoms with van der Waals surface area (Å²) in [6, 6.07) is 0. The van der Waals surface area contributed by atoms with Gasteiger partial charge < -0.3 is 10.3 Å². The molecule has 2 rings (SSSR count). The van der Waals surface area contributed by atoms with Crippen molar-refractivity contribution in [3.8, 4) is 0 Å². The fourth-order valence-electron chi connectivity index (χ4n) is 1.20. The van der Waals surface area contributed by atoms with Crippen molar-refractivity contribution in [1.29, 1.82) is 0 Å². The van der Waals surface area contributed by atoms with Gasteiger partial charge in [-0.05, 0) is 0 Å². The number of anilines is 1. The molecule has 0 amide bonds. The molecule has 16 heavy (non-hydrogen) atoms. The number of hydrogen-bond donors (Lipinski definition) is 3. The maximum absolute atomic E-state index is 10.5. The van der Waals surface area contributed by atoms with Crippen LogP contribution in [-0.4, -0.2) is 45.2 Å². The van der Waals surface area contributed by atoms with Gasteiger partial charge in [-0.15, -0.1) is 0 Å². The van der Waals surface area contributed by atoms with Crippen molar-refractivity contribution in [3.63, 3.8) is 0 Å². The second-order valence-corrected chi connectivity index (χ2v) is 4.61. The highest BCUT2D eigenvalue weighted by Gasteiger charge is 2.07. The normalized spacial score (nSPS) is 11.8. The van der Waals surface area contributed by atoms with Crippen LogP contribution in [0.15, 0.2) is 12.7 Å². The van der Waals surface area contributed by atoms with Gasteiger partial charge in [-0.1, -0.05) is 0 Å². The maximum atomic E-state index is 10.5. The number of aromatic amines is 1. The van der Waals surface area contributed by atoms with Crippen LogP contribution in [0.25, 0.3) is 11.2 Å². The molecule has 0 saturated heterocycles. The first-order valence-electron chi connectivity index (χ1n) is 4.39. The predicted molar refractivity (Wildman–Crippen MR) is 56.6 cm³/mol. The van der Waals surface area contributed by atoms with Gasteiger partial charge in [0, 0.05) is 6.54 Å². The summed E-state index contributed by atoms with van der Waals surface area (Å²) in [5, 5.41) is 2.77. The second-order valence-electron chi connectivity index (χ2n) is 3.04. The molecule has 0 fully saturated rings. The van der Waals surface area contributed by atoms with E-state index in [0.29, 0.717) is 17.0 Å². The Bertz CT molecular complexity index is 593. The van der Waals surface area contributed by atoms with Crippen molar-refractivity contribution < 1.29 is 13.0 Å². The number of H-pyrrole nitrogens is 1. The summed E-state index contributed by atoms with van der Waals surface area (Å²) >= 11 is 0. The van der Waals surface area contributed by atoms with E-state index in [9.17, 15) is 8.42 Å². The average Bonchev–Trinajstić information content (AvgIpc) is 2.64. The van der Waals surface area contributed by atoms with Crippen LogP contribution in [0, 0.1) is 0 Å². The van der Waals surface area contributed by atoms with Crippen LogP contribution < -0.4 is 5.32 Å². The minimum Gasteiger partial charge on any atom is -0.367 e. The number of fused-ring (bicyclic) bond motifs is 1. The molecule has 8 nitrogen and oxygen atoms in total. The van der Waals surface area contributed by atoms with Crippen LogP contribution in [0.5, 0.6) is 0 Å². The Hall–Kier alpha value is -1.74. The molecule has 0 aromatic carbocycles. The van der Waals surface area contributed by atoms with E-state index in [-0.39, 0.29) is 12.3 Å². The minimum atomic E-state index is -3.97. The first-order valence-corrected chi connectivity index (χ1v) is 6.00. The Labute approximate surface area is 90.9 Å². The van der Waals surface area contributed by atoms with E-state index >= 15 is 0 Å². The number of nitrogens with zero attached hydrogens (tertiary/aromatic N) is 3. The van der Waals surface area contributed by atoms with Gasteiger partial charge in [-0.2, -0.15) is 8.42 Å². The lowest BCUT2D eigenvalue weighted by molar-refractivity contribution is 0.484. The molecule has 0 saturated carbocycles. The van der Waals surface area contributed by atoms with Crippen LogP contribution in [0.1, 0.15) is 0 Å². The van der Waals surface area contributed by atoms with Gasteiger partial charge >= 0.3 is 0 Å². The Balaban J connectivity index is 2.12. The third kappa shape index (κ3) is 2.44. The van der Waals surface area contributed by atoms with Gasteiger partial charge in [0.05, 0.1) is 12.1 Å². The summed E-state index contributed by atoms with van der Waals surface area (Å²) in [6.45, 7) is 0.0595. The van der Waals surface area contributed by atoms with Crippen molar-refractivity contribution in [2.24, 2.45) is 0 Å². The van der Waals surface area contributed by atoms with Crippen molar-refractivity contribution >= 4 is 27.1 Å². The lowest BCUT2D eigenvalue weighted by Gasteiger charge is -2.03. The van der Waals surface area contributed by atoms with Crippen molar-refractivity contribution in [1.82, 2.24) is 19.9 Å². The molecular weight excluding hydrogens is 234 g/mol. The van der Waals surface area contributed by atoms with Crippen LogP contribution in [0.4, 0.5) is 5.82 Å². The van der Waals surface area contributed by atoms with Gasteiger partial charge in [0.2, 0.25) is 0 Å². The number of imidazole rings is 1. The van der Waals surface area contributed by atoms with Crippen molar-refractivity contribution in [3.05, 3.63) is 12.7 Å². The fourth-order valence-corrected chi connectivity index (χ4v) is 1.56. The molecule has 2 aromatic rings. The minimum absolute atomic E-state index is 0.0595. The topological polar surface area (TPSA) is 121 Å². The molecular formula is C7H9N5O3S. The summed E-state index contributed by atoms with van der Waals surface area (Å²) in [5.74, 6) is 0.0678. The molecule has 0 aliphatic heterocycles. The fraction of sp³-hybridized carbons (Fsp3) is 0.286. The average molecular weight is 243 g/mol. The molecule has 0 aliphatic rings. The van der Waals surface area contributed by atoms with E-state index in [1.807, 2.05) is 0 Å². The predicted octanol–water partition coefficient (Wildman–Crippen LogP) is -0.347. The molecule has 0 atom stereocenters. The zero-order valence-corrected chi connectivity index (χ0v) is 8.90. The number of rotatable bonds is 4. The lowest BCUT2D eigenvalue weighted by Crippen LogP contribution is -2.15. The van der Waals surface area contributed by atoms with Crippen molar-refractivity contribution in [2.45, 2.75) is 0 Å². The first kappa shape index (κ1) is 10.8. The molecule has 0 radical (unpaired) electrons. The quantitative estimate of drug-likeness (QED) is 0.627. The van der Waals surface area contributed by atoms with Gasteiger partial charge in [0.1, 0.15) is 11.8 Å². The van der Waals surface area contributed by atoms with E-state index < -0.39 is 10.1 Å². The molecule has 2 heterocycles. The molecule has 2 aromatic heterocycles. The van der Waals surface area contributed by atoms with Gasteiger partial charge in [0.15, 0.2) is 11.5 Å². The molecule has 0 spiro atoms. The van der Waals surface area contributed by atoms with Gasteiger partial charge in [0.25, 0.3) is 10.1 Å². The van der Waals surface area contributed by atoms with Crippen LogP contribution in [0.3, 0.4) is 0 Å². The monoisotopic (exact) mass is 243 g/mol. The highest BCUT2D eigenvalue weighted by atomic mass is 32.2. The largest absolute Gasteiger partial charge is 0.367 e. The van der Waals surface area contributed by atoms with E-state index in [1.54, 1.807) is 0 Å². The van der Waals surface area contributed by atoms with Gasteiger partial charge in [-0.25, -0.2) is 15.0 Å². The Kier molecular flexibility index (Phi) is 2.71. The maximum Gasteiger partial charge on any atom is 0.266 e. The lowest BCUT2D eigenvalue weighted by atomic mass is 10.5. The SMILES string of the molecule is O=S(=O)(O)CCNc1ncnc2nc[nH]c12. The Morgan fingerprint density at radius 2 is 2.19 bits per heavy atom. The Morgan fingerprint density at radius 1 is 1.38 bits per heavy atom. The Morgan fingerprint density at radius 3 is 2.94 bits per heavy atom. The molecule has 86 valence electrons. The smallest absolute Gasteiger partial charge is 0.266 e. The number of nitrogens with one attached hydrogen (secondary N) is 2. The zero-order chi connectivity index (χ0) is 11.6. The third-order valence-electron chi connectivity index (χ3n) is 1.88. The summed E-state index contributed by atoms with van der Waals surface area (Å²) in [6.07, 6.45) is 2.78. The van der Waals surface area contributed by atoms with E-state index in [4.69, 9.17) is 4.55 Å². The summed E-state index contributed by atoms with van der Waals surface area (Å²) in [5.41, 5.74) is 1.09. The molecule has 9 heteroatoms. The summed E-state index contributed by atoms with van der Waals surface area (Å²) in [7, 11) is -3.97.